The molecule has 2 heteroatoms. The maximum absolute atomic E-state index is 5.82. The molecular weight excluding hydrogens is 198 g/mol. The fourth-order valence-corrected chi connectivity index (χ4v) is 3.22. The Bertz CT molecular complexity index is 250. The second-order valence-electron chi connectivity index (χ2n) is 5.22. The maximum atomic E-state index is 5.82. The van der Waals surface area contributed by atoms with Gasteiger partial charge in [0.25, 0.3) is 0 Å². The minimum Gasteiger partial charge on any atom is -0.376 e. The highest BCUT2D eigenvalue weighted by atomic mass is 16.5. The molecule has 2 aliphatic carbocycles. The Labute approximate surface area is 99.4 Å². The summed E-state index contributed by atoms with van der Waals surface area (Å²) in [5.74, 6) is 0. The van der Waals surface area contributed by atoms with Crippen molar-refractivity contribution in [2.45, 2.75) is 63.0 Å². The molecule has 2 aliphatic rings. The van der Waals surface area contributed by atoms with Crippen molar-refractivity contribution in [3.63, 3.8) is 0 Å². The molecule has 0 heterocycles. The van der Waals surface area contributed by atoms with Gasteiger partial charge in [-0.3, -0.25) is 0 Å². The van der Waals surface area contributed by atoms with Gasteiger partial charge in [-0.25, -0.2) is 0 Å². The van der Waals surface area contributed by atoms with Gasteiger partial charge in [0.05, 0.1) is 11.6 Å². The van der Waals surface area contributed by atoms with Gasteiger partial charge in [0, 0.05) is 7.11 Å². The Hall–Kier alpha value is -0.340. The second kappa shape index (κ2) is 5.33. The van der Waals surface area contributed by atoms with Crippen molar-refractivity contribution in [1.29, 1.82) is 0 Å². The van der Waals surface area contributed by atoms with Crippen molar-refractivity contribution in [1.82, 2.24) is 5.32 Å². The van der Waals surface area contributed by atoms with Crippen LogP contribution in [-0.4, -0.2) is 25.8 Å². The van der Waals surface area contributed by atoms with Crippen LogP contribution in [0.25, 0.3) is 0 Å². The van der Waals surface area contributed by atoms with E-state index in [4.69, 9.17) is 4.74 Å². The van der Waals surface area contributed by atoms with E-state index in [0.29, 0.717) is 6.04 Å². The Kier molecular flexibility index (Phi) is 4.04. The number of methoxy groups -OCH3 is 1. The van der Waals surface area contributed by atoms with E-state index in [0.717, 1.165) is 0 Å². The smallest absolute Gasteiger partial charge is 0.0869 e. The number of likely N-dealkylation sites (N-methyl/N-ethyl adjacent to an activating group) is 1. The van der Waals surface area contributed by atoms with Crippen LogP contribution in [0.2, 0.25) is 0 Å². The van der Waals surface area contributed by atoms with Crippen molar-refractivity contribution in [2.75, 3.05) is 14.2 Å². The molecule has 0 radical (unpaired) electrons. The molecule has 0 spiro atoms. The molecule has 2 rings (SSSR count). The monoisotopic (exact) mass is 223 g/mol. The van der Waals surface area contributed by atoms with Crippen molar-refractivity contribution >= 4 is 0 Å². The molecule has 92 valence electrons. The molecule has 0 amide bonds. The highest BCUT2D eigenvalue weighted by Gasteiger charge is 2.45. The highest BCUT2D eigenvalue weighted by molar-refractivity contribution is 5.20. The number of hydrogen-bond donors (Lipinski definition) is 1. The molecule has 0 saturated heterocycles. The van der Waals surface area contributed by atoms with E-state index >= 15 is 0 Å². The van der Waals surface area contributed by atoms with E-state index in [9.17, 15) is 0 Å². The molecule has 2 nitrogen and oxygen atoms in total. The lowest BCUT2D eigenvalue weighted by atomic mass is 9.71. The molecule has 1 unspecified atom stereocenters. The lowest BCUT2D eigenvalue weighted by Crippen LogP contribution is -2.56. The van der Waals surface area contributed by atoms with Crippen LogP contribution in [0.3, 0.4) is 0 Å². The number of hydrogen-bond acceptors (Lipinski definition) is 2. The minimum absolute atomic E-state index is 0.102. The molecule has 0 aromatic rings. The zero-order chi connectivity index (χ0) is 11.4. The topological polar surface area (TPSA) is 21.3 Å². The standard InChI is InChI=1S/C14H25NO/c1-15-13(14(16-2)10-7-11-14)12-8-5-3-4-6-9-12/h8,13,15H,3-7,9-11H2,1-2H3. The fourth-order valence-electron chi connectivity index (χ4n) is 3.22. The SMILES string of the molecule is CNC(C1=CCCCCC1)C1(OC)CCC1. The third-order valence-electron chi connectivity index (χ3n) is 4.37. The van der Waals surface area contributed by atoms with Crippen LogP contribution >= 0.6 is 0 Å². The average molecular weight is 223 g/mol. The van der Waals surface area contributed by atoms with Crippen molar-refractivity contribution in [2.24, 2.45) is 0 Å². The lowest BCUT2D eigenvalue weighted by Gasteiger charge is -2.47. The minimum atomic E-state index is 0.102. The third kappa shape index (κ3) is 2.18. The summed E-state index contributed by atoms with van der Waals surface area (Å²) in [6.45, 7) is 0. The van der Waals surface area contributed by atoms with Crippen molar-refractivity contribution < 1.29 is 4.74 Å². The van der Waals surface area contributed by atoms with E-state index in [2.05, 4.69) is 18.4 Å². The fraction of sp³-hybridized carbons (Fsp3) is 0.857. The summed E-state index contributed by atoms with van der Waals surface area (Å²) in [5, 5.41) is 3.50. The summed E-state index contributed by atoms with van der Waals surface area (Å²) < 4.78 is 5.82. The van der Waals surface area contributed by atoms with Gasteiger partial charge in [-0.1, -0.05) is 18.1 Å². The number of nitrogens with one attached hydrogen (secondary N) is 1. The number of rotatable bonds is 4. The zero-order valence-corrected chi connectivity index (χ0v) is 10.7. The van der Waals surface area contributed by atoms with Crippen LogP contribution < -0.4 is 5.32 Å². The molecule has 0 bridgehead atoms. The zero-order valence-electron chi connectivity index (χ0n) is 10.7. The molecule has 1 N–H and O–H groups in total. The van der Waals surface area contributed by atoms with Gasteiger partial charge < -0.3 is 10.1 Å². The average Bonchev–Trinajstić information content (AvgIpc) is 2.51. The first kappa shape index (κ1) is 12.1. The number of allylic oxidation sites excluding steroid dienone is 1. The molecule has 1 fully saturated rings. The van der Waals surface area contributed by atoms with E-state index in [1.807, 2.05) is 7.11 Å². The third-order valence-corrected chi connectivity index (χ3v) is 4.37. The van der Waals surface area contributed by atoms with Crippen molar-refractivity contribution in [3.05, 3.63) is 11.6 Å². The summed E-state index contributed by atoms with van der Waals surface area (Å²) in [7, 11) is 3.95. The Balaban J connectivity index is 2.11. The van der Waals surface area contributed by atoms with Gasteiger partial charge in [0.1, 0.15) is 0 Å². The van der Waals surface area contributed by atoms with Gasteiger partial charge >= 0.3 is 0 Å². The Morgan fingerprint density at radius 3 is 2.62 bits per heavy atom. The Morgan fingerprint density at radius 1 is 1.25 bits per heavy atom. The lowest BCUT2D eigenvalue weighted by molar-refractivity contribution is -0.0890. The van der Waals surface area contributed by atoms with Gasteiger partial charge in [0.15, 0.2) is 0 Å². The quantitative estimate of drug-likeness (QED) is 0.740. The molecule has 0 aliphatic heterocycles. The van der Waals surface area contributed by atoms with Gasteiger partial charge in [-0.15, -0.1) is 0 Å². The van der Waals surface area contributed by atoms with Crippen LogP contribution in [0.5, 0.6) is 0 Å². The molecule has 16 heavy (non-hydrogen) atoms. The first-order chi connectivity index (χ1) is 7.82. The number of ether oxygens (including phenoxy) is 1. The first-order valence-corrected chi connectivity index (χ1v) is 6.74. The maximum Gasteiger partial charge on any atom is 0.0869 e. The molecule has 0 aromatic heterocycles. The van der Waals surface area contributed by atoms with Crippen LogP contribution in [0.1, 0.15) is 51.4 Å². The normalized spacial score (nSPS) is 26.5. The largest absolute Gasteiger partial charge is 0.376 e. The highest BCUT2D eigenvalue weighted by Crippen LogP contribution is 2.41. The van der Waals surface area contributed by atoms with Gasteiger partial charge in [-0.05, 0) is 52.0 Å². The molecule has 1 atom stereocenters. The summed E-state index contributed by atoms with van der Waals surface area (Å²) in [6.07, 6.45) is 12.8. The van der Waals surface area contributed by atoms with Gasteiger partial charge in [0.2, 0.25) is 0 Å². The molecular formula is C14H25NO. The van der Waals surface area contributed by atoms with E-state index in [-0.39, 0.29) is 5.60 Å². The summed E-state index contributed by atoms with van der Waals surface area (Å²) in [5.41, 5.74) is 1.70. The Morgan fingerprint density at radius 2 is 2.06 bits per heavy atom. The summed E-state index contributed by atoms with van der Waals surface area (Å²) in [4.78, 5) is 0. The predicted molar refractivity (Wildman–Crippen MR) is 67.6 cm³/mol. The van der Waals surface area contributed by atoms with Crippen LogP contribution in [0.4, 0.5) is 0 Å². The van der Waals surface area contributed by atoms with Gasteiger partial charge in [-0.2, -0.15) is 0 Å². The predicted octanol–water partition coefficient (Wildman–Crippen LogP) is 3.03. The summed E-state index contributed by atoms with van der Waals surface area (Å²) >= 11 is 0. The van der Waals surface area contributed by atoms with Crippen LogP contribution in [0.15, 0.2) is 11.6 Å². The van der Waals surface area contributed by atoms with E-state index in [1.165, 1.54) is 51.4 Å². The van der Waals surface area contributed by atoms with E-state index < -0.39 is 0 Å². The summed E-state index contributed by atoms with van der Waals surface area (Å²) in [6, 6.07) is 0.448. The molecule has 0 aromatic carbocycles. The first-order valence-electron chi connectivity index (χ1n) is 6.74. The second-order valence-corrected chi connectivity index (χ2v) is 5.22. The van der Waals surface area contributed by atoms with Crippen LogP contribution in [0, 0.1) is 0 Å². The van der Waals surface area contributed by atoms with E-state index in [1.54, 1.807) is 5.57 Å². The van der Waals surface area contributed by atoms with Crippen molar-refractivity contribution in [3.8, 4) is 0 Å². The molecule has 1 saturated carbocycles. The van der Waals surface area contributed by atoms with Crippen LogP contribution in [-0.2, 0) is 4.74 Å².